The summed E-state index contributed by atoms with van der Waals surface area (Å²) in [6.45, 7) is 0.221. The van der Waals surface area contributed by atoms with Crippen LogP contribution in [0.2, 0.25) is 5.02 Å². The second kappa shape index (κ2) is 8.14. The third-order valence-electron chi connectivity index (χ3n) is 5.55. The van der Waals surface area contributed by atoms with Gasteiger partial charge in [-0.1, -0.05) is 17.7 Å². The van der Waals surface area contributed by atoms with Crippen molar-refractivity contribution in [2.75, 3.05) is 6.54 Å². The van der Waals surface area contributed by atoms with Crippen LogP contribution in [0, 0.1) is 5.82 Å². The van der Waals surface area contributed by atoms with Crippen molar-refractivity contribution in [3.05, 3.63) is 52.4 Å². The Bertz CT molecular complexity index is 1060. The Morgan fingerprint density at radius 1 is 1.19 bits per heavy atom. The Morgan fingerprint density at radius 3 is 2.71 bits per heavy atom. The van der Waals surface area contributed by atoms with Crippen LogP contribution in [0.1, 0.15) is 23.5 Å². The molecule has 1 aromatic carbocycles. The lowest BCUT2D eigenvalue weighted by Crippen LogP contribution is -2.37. The Labute approximate surface area is 187 Å². The zero-order valence-electron chi connectivity index (χ0n) is 15.8. The number of benzene rings is 1. The summed E-state index contributed by atoms with van der Waals surface area (Å²) in [5.74, 6) is 0.270. The van der Waals surface area contributed by atoms with Crippen molar-refractivity contribution in [3.8, 4) is 0 Å². The zero-order valence-corrected chi connectivity index (χ0v) is 17.4. The number of hydrogen-bond acceptors (Lipinski definition) is 8. The van der Waals surface area contributed by atoms with Gasteiger partial charge in [0.15, 0.2) is 12.5 Å². The lowest BCUT2D eigenvalue weighted by molar-refractivity contribution is -0.0854. The van der Waals surface area contributed by atoms with Crippen LogP contribution in [-0.4, -0.2) is 73.2 Å². The summed E-state index contributed by atoms with van der Waals surface area (Å²) in [5, 5.41) is 41.6. The monoisotopic (exact) mass is 472 g/mol. The van der Waals surface area contributed by atoms with E-state index in [-0.39, 0.29) is 29.5 Å². The minimum Gasteiger partial charge on any atom is -0.387 e. The maximum Gasteiger partial charge on any atom is 0.164 e. The number of halogens is 3. The number of hydrogen-bond donors (Lipinski definition) is 4. The van der Waals surface area contributed by atoms with E-state index in [1.165, 1.54) is 27.9 Å². The van der Waals surface area contributed by atoms with Crippen LogP contribution in [0.15, 0.2) is 40.4 Å². The van der Waals surface area contributed by atoms with E-state index < -0.39 is 42.7 Å². The Kier molecular flexibility index (Phi) is 5.81. The predicted molar refractivity (Wildman–Crippen MR) is 111 cm³/mol. The van der Waals surface area contributed by atoms with E-state index in [1.54, 1.807) is 12.3 Å². The number of rotatable bonds is 3. The molecule has 0 bridgehead atoms. The van der Waals surface area contributed by atoms with E-state index in [4.69, 9.17) is 16.3 Å². The van der Waals surface area contributed by atoms with E-state index in [1.807, 2.05) is 0 Å². The molecule has 5 rings (SSSR count). The number of fused-ring (bicyclic) bond motifs is 3. The van der Waals surface area contributed by atoms with Crippen molar-refractivity contribution < 1.29 is 29.6 Å². The molecule has 0 saturated carbocycles. The van der Waals surface area contributed by atoms with Crippen molar-refractivity contribution in [3.63, 3.8) is 0 Å². The van der Waals surface area contributed by atoms with Crippen LogP contribution in [-0.2, 0) is 4.74 Å². The molecule has 1 saturated heterocycles. The summed E-state index contributed by atoms with van der Waals surface area (Å²) in [6, 6.07) is 5.50. The zero-order chi connectivity index (χ0) is 21.2. The number of amidine groups is 1. The summed E-state index contributed by atoms with van der Waals surface area (Å²) in [4.78, 5) is 10.2. The van der Waals surface area contributed by atoms with Gasteiger partial charge in [0, 0.05) is 6.20 Å². The quantitative estimate of drug-likeness (QED) is 0.530. The second-order valence-electron chi connectivity index (χ2n) is 7.35. The summed E-state index contributed by atoms with van der Waals surface area (Å²) in [7, 11) is 0. The van der Waals surface area contributed by atoms with Crippen molar-refractivity contribution in [2.24, 2.45) is 9.98 Å². The Hall–Kier alpha value is -2.05. The fourth-order valence-corrected chi connectivity index (χ4v) is 4.09. The van der Waals surface area contributed by atoms with Crippen LogP contribution in [0.3, 0.4) is 0 Å². The molecule has 0 radical (unpaired) electrons. The van der Waals surface area contributed by atoms with Gasteiger partial charge >= 0.3 is 0 Å². The van der Waals surface area contributed by atoms with Gasteiger partial charge in [-0.25, -0.2) is 9.38 Å². The summed E-state index contributed by atoms with van der Waals surface area (Å²) in [6.07, 6.45) is -4.18. The molecule has 1 fully saturated rings. The molecule has 1 aromatic heterocycles. The number of aliphatic imine (C=N–C) groups is 2. The molecular weight excluding hydrogens is 454 g/mol. The lowest BCUT2D eigenvalue weighted by atomic mass is 9.99. The van der Waals surface area contributed by atoms with Gasteiger partial charge in [0.05, 0.1) is 17.1 Å². The van der Waals surface area contributed by atoms with Gasteiger partial charge in [0.1, 0.15) is 48.2 Å². The summed E-state index contributed by atoms with van der Waals surface area (Å²) in [5.41, 5.74) is 0.800. The first kappa shape index (κ1) is 22.2. The van der Waals surface area contributed by atoms with Crippen LogP contribution in [0.25, 0.3) is 0 Å². The van der Waals surface area contributed by atoms with Crippen molar-refractivity contribution in [2.45, 2.75) is 36.9 Å². The highest BCUT2D eigenvalue weighted by Gasteiger charge is 2.48. The van der Waals surface area contributed by atoms with Gasteiger partial charge in [-0.3, -0.25) is 9.89 Å². The number of aliphatic hydroxyl groups excluding tert-OH is 4. The molecule has 3 aliphatic heterocycles. The topological polar surface area (TPSA) is 123 Å². The fourth-order valence-electron chi connectivity index (χ4n) is 3.97. The number of aromatic nitrogens is 1. The van der Waals surface area contributed by atoms with Crippen LogP contribution >= 0.6 is 24.0 Å². The molecule has 4 heterocycles. The maximum atomic E-state index is 13.8. The van der Waals surface area contributed by atoms with Gasteiger partial charge in [-0.05, 0) is 23.8 Å². The van der Waals surface area contributed by atoms with Gasteiger partial charge in [-0.2, -0.15) is 0 Å². The third kappa shape index (κ3) is 3.44. The number of nitrogens with zero attached hydrogens (tertiary/aromatic N) is 4. The van der Waals surface area contributed by atoms with E-state index in [9.17, 15) is 24.8 Å². The second-order valence-corrected chi connectivity index (χ2v) is 7.76. The van der Waals surface area contributed by atoms with E-state index >= 15 is 0 Å². The van der Waals surface area contributed by atoms with Crippen molar-refractivity contribution in [1.29, 1.82) is 0 Å². The van der Waals surface area contributed by atoms with Crippen LogP contribution < -0.4 is 0 Å². The van der Waals surface area contributed by atoms with Crippen molar-refractivity contribution >= 4 is 42.0 Å². The van der Waals surface area contributed by atoms with Crippen LogP contribution in [0.5, 0.6) is 0 Å². The Balaban J connectivity index is 0.00000231. The summed E-state index contributed by atoms with van der Waals surface area (Å²) >= 11 is 5.68. The van der Waals surface area contributed by atoms with Crippen LogP contribution in [0.4, 0.5) is 10.2 Å². The molecular formula is C19H19Cl2FN4O5. The van der Waals surface area contributed by atoms with Gasteiger partial charge < -0.3 is 29.7 Å². The van der Waals surface area contributed by atoms with Gasteiger partial charge in [-0.15, -0.1) is 12.4 Å². The average Bonchev–Trinajstić information content (AvgIpc) is 3.40. The fraction of sp³-hybridized carbons (Fsp3) is 0.368. The minimum absolute atomic E-state index is 0. The highest BCUT2D eigenvalue weighted by Crippen LogP contribution is 2.40. The molecule has 0 aliphatic carbocycles. The Morgan fingerprint density at radius 2 is 1.97 bits per heavy atom. The first-order valence-corrected chi connectivity index (χ1v) is 9.65. The molecule has 6 atom stereocenters. The molecule has 31 heavy (non-hydrogen) atoms. The molecule has 2 aromatic rings. The average molecular weight is 473 g/mol. The largest absolute Gasteiger partial charge is 0.387 e. The third-order valence-corrected chi connectivity index (χ3v) is 5.85. The molecule has 0 amide bonds. The highest BCUT2D eigenvalue weighted by molar-refractivity contribution is 6.30. The molecule has 9 nitrogen and oxygen atoms in total. The van der Waals surface area contributed by atoms with E-state index in [2.05, 4.69) is 9.98 Å². The minimum atomic E-state index is -1.43. The number of ether oxygens (including phenoxy) is 1. The highest BCUT2D eigenvalue weighted by atomic mass is 35.5. The normalized spacial score (nSPS) is 29.9. The molecule has 1 unspecified atom stereocenters. The smallest absolute Gasteiger partial charge is 0.164 e. The maximum absolute atomic E-state index is 13.8. The SMILES string of the molecule is Cl.OC1CN=C2c3ccn([C@@H]4O[C@H]([C@H](O)c5ccc(Cl)c(F)c5)[C@@H](O)[C@H]4O)c3N=CN21. The summed E-state index contributed by atoms with van der Waals surface area (Å²) < 4.78 is 21.1. The number of aliphatic hydroxyl groups is 4. The van der Waals surface area contributed by atoms with E-state index in [0.717, 1.165) is 6.07 Å². The molecule has 4 N–H and O–H groups in total. The van der Waals surface area contributed by atoms with Gasteiger partial charge in [0.2, 0.25) is 0 Å². The van der Waals surface area contributed by atoms with Crippen molar-refractivity contribution in [1.82, 2.24) is 9.47 Å². The molecule has 3 aliphatic rings. The first-order valence-electron chi connectivity index (χ1n) is 9.27. The van der Waals surface area contributed by atoms with Gasteiger partial charge in [0.25, 0.3) is 0 Å². The lowest BCUT2D eigenvalue weighted by Gasteiger charge is -2.25. The molecule has 12 heteroatoms. The van der Waals surface area contributed by atoms with E-state index in [0.29, 0.717) is 17.2 Å². The first-order chi connectivity index (χ1) is 14.4. The predicted octanol–water partition coefficient (Wildman–Crippen LogP) is 1.11. The molecule has 166 valence electrons. The molecule has 0 spiro atoms. The standard InChI is InChI=1S/C19H18ClFN4O5.ClH/c20-10-2-1-8(5-11(10)21)13(27)16-14(28)15(29)19(30-16)24-4-3-9-17-22-6-12(26)25(17)7-23-18(9)24;/h1-5,7,12-16,19,26-29H,6H2;1H/t12?,13-,14+,15-,16-,19-;/m1./s1.